The van der Waals surface area contributed by atoms with Crippen molar-refractivity contribution in [2.45, 2.75) is 103 Å². The number of hydrogen-bond donors (Lipinski definition) is 2. The number of allylic oxidation sites excluding steroid dienone is 9. The predicted molar refractivity (Wildman–Crippen MR) is 209 cm³/mol. The quantitative estimate of drug-likeness (QED) is 0.166. The van der Waals surface area contributed by atoms with Crippen LogP contribution in [0.4, 0.5) is 0 Å². The van der Waals surface area contributed by atoms with Crippen molar-refractivity contribution in [1.82, 2.24) is 10.6 Å². The van der Waals surface area contributed by atoms with Crippen LogP contribution in [-0.4, -0.2) is 24.6 Å². The Morgan fingerprint density at radius 3 is 2.49 bits per heavy atom. The van der Waals surface area contributed by atoms with Gasteiger partial charge < -0.3 is 15.4 Å². The maximum Gasteiger partial charge on any atom is 0.228 e. The molecule has 5 aliphatic rings. The molecule has 0 spiro atoms. The van der Waals surface area contributed by atoms with Crippen LogP contribution in [0.3, 0.4) is 0 Å². The van der Waals surface area contributed by atoms with E-state index < -0.39 is 6.35 Å². The summed E-state index contributed by atoms with van der Waals surface area (Å²) >= 11 is 0. The Bertz CT molecular complexity index is 2030. The van der Waals surface area contributed by atoms with Gasteiger partial charge in [-0.15, -0.1) is 0 Å². The first-order valence-electron chi connectivity index (χ1n) is 19.5. The average Bonchev–Trinajstić information content (AvgIpc) is 3.47. The SMILES string of the molecule is CCCCC(CC)COC1N=C(c2ccc3c(c2)-c2cc4ccccc4cc2C3(C2=CCCC=C2)C2=CCCCC2)NC(=C2CCC=CC2=O)N1. The van der Waals surface area contributed by atoms with Crippen molar-refractivity contribution in [2.75, 3.05) is 6.61 Å². The van der Waals surface area contributed by atoms with Gasteiger partial charge in [-0.2, -0.15) is 0 Å². The van der Waals surface area contributed by atoms with Crippen molar-refractivity contribution in [2.24, 2.45) is 10.9 Å². The van der Waals surface area contributed by atoms with Gasteiger partial charge >= 0.3 is 0 Å². The number of ketones is 1. The number of carbonyl (C=O) groups excluding carboxylic acids is 1. The molecule has 8 rings (SSSR count). The van der Waals surface area contributed by atoms with E-state index in [2.05, 4.69) is 103 Å². The number of ether oxygens (including phenoxy) is 1. The highest BCUT2D eigenvalue weighted by molar-refractivity contribution is 6.08. The highest BCUT2D eigenvalue weighted by Gasteiger charge is 2.48. The summed E-state index contributed by atoms with van der Waals surface area (Å²) in [6, 6.07) is 20.6. The Kier molecular flexibility index (Phi) is 9.66. The largest absolute Gasteiger partial charge is 0.339 e. The van der Waals surface area contributed by atoms with E-state index in [9.17, 15) is 4.79 Å². The Hall–Kier alpha value is -4.48. The van der Waals surface area contributed by atoms with Crippen molar-refractivity contribution in [3.8, 4) is 11.1 Å². The molecule has 0 amide bonds. The smallest absolute Gasteiger partial charge is 0.228 e. The molecule has 4 aliphatic carbocycles. The molecule has 0 saturated heterocycles. The first-order valence-corrected chi connectivity index (χ1v) is 19.5. The van der Waals surface area contributed by atoms with Gasteiger partial charge in [0.05, 0.1) is 12.0 Å². The van der Waals surface area contributed by atoms with Crippen LogP contribution in [-0.2, 0) is 14.9 Å². The number of fused-ring (bicyclic) bond motifs is 4. The van der Waals surface area contributed by atoms with Gasteiger partial charge in [0.2, 0.25) is 6.35 Å². The number of benzene rings is 3. The van der Waals surface area contributed by atoms with Crippen molar-refractivity contribution < 1.29 is 9.53 Å². The zero-order valence-electron chi connectivity index (χ0n) is 30.3. The van der Waals surface area contributed by atoms with Crippen molar-refractivity contribution in [3.05, 3.63) is 130 Å². The van der Waals surface area contributed by atoms with E-state index in [0.29, 0.717) is 24.8 Å². The number of rotatable bonds is 10. The number of aliphatic imine (C=N–C) groups is 1. The second-order valence-electron chi connectivity index (χ2n) is 14.9. The predicted octanol–water partition coefficient (Wildman–Crippen LogP) is 10.5. The van der Waals surface area contributed by atoms with Gasteiger partial charge in [0.1, 0.15) is 11.7 Å². The normalized spacial score (nSPS) is 24.6. The van der Waals surface area contributed by atoms with Crippen LogP contribution in [0.15, 0.2) is 119 Å². The lowest BCUT2D eigenvalue weighted by Crippen LogP contribution is -2.46. The first kappa shape index (κ1) is 33.7. The molecule has 3 aromatic carbocycles. The summed E-state index contributed by atoms with van der Waals surface area (Å²) in [5, 5.41) is 9.57. The third-order valence-electron chi connectivity index (χ3n) is 11.7. The molecule has 5 nitrogen and oxygen atoms in total. The van der Waals surface area contributed by atoms with Gasteiger partial charge in [0.25, 0.3) is 0 Å². The van der Waals surface area contributed by atoms with E-state index in [4.69, 9.17) is 9.73 Å². The third-order valence-corrected chi connectivity index (χ3v) is 11.7. The van der Waals surface area contributed by atoms with Gasteiger partial charge in [-0.05, 0) is 127 Å². The van der Waals surface area contributed by atoms with Crippen LogP contribution in [0, 0.1) is 5.92 Å². The monoisotopic (exact) mass is 677 g/mol. The van der Waals surface area contributed by atoms with Crippen LogP contribution in [0.25, 0.3) is 21.9 Å². The van der Waals surface area contributed by atoms with Gasteiger partial charge in [-0.1, -0.05) is 105 Å². The maximum absolute atomic E-state index is 13.1. The molecule has 2 N–H and O–H groups in total. The minimum Gasteiger partial charge on any atom is -0.339 e. The number of amidine groups is 1. The Labute approximate surface area is 303 Å². The van der Waals surface area contributed by atoms with Crippen LogP contribution >= 0.6 is 0 Å². The molecule has 0 bridgehead atoms. The molecule has 0 aromatic heterocycles. The summed E-state index contributed by atoms with van der Waals surface area (Å²) < 4.78 is 6.51. The van der Waals surface area contributed by atoms with Crippen LogP contribution in [0.1, 0.15) is 108 Å². The number of nitrogens with zero attached hydrogens (tertiary/aromatic N) is 1. The number of hydrogen-bond acceptors (Lipinski definition) is 5. The van der Waals surface area contributed by atoms with E-state index in [-0.39, 0.29) is 11.2 Å². The summed E-state index contributed by atoms with van der Waals surface area (Å²) in [6.45, 7) is 5.11. The lowest BCUT2D eigenvalue weighted by molar-refractivity contribution is -0.111. The Morgan fingerprint density at radius 1 is 0.882 bits per heavy atom. The minimum atomic E-state index is -0.577. The summed E-state index contributed by atoms with van der Waals surface area (Å²) in [5.74, 6) is 1.97. The topological polar surface area (TPSA) is 62.7 Å². The highest BCUT2D eigenvalue weighted by atomic mass is 16.5. The molecule has 51 heavy (non-hydrogen) atoms. The molecule has 3 aromatic rings. The summed E-state index contributed by atoms with van der Waals surface area (Å²) in [6.07, 6.45) is 25.9. The lowest BCUT2D eigenvalue weighted by atomic mass is 9.63. The lowest BCUT2D eigenvalue weighted by Gasteiger charge is -2.39. The molecule has 3 unspecified atom stereocenters. The molecule has 3 atom stereocenters. The van der Waals surface area contributed by atoms with Crippen molar-refractivity contribution >= 4 is 22.4 Å². The maximum atomic E-state index is 13.1. The van der Waals surface area contributed by atoms with Crippen molar-refractivity contribution in [1.29, 1.82) is 0 Å². The zero-order valence-corrected chi connectivity index (χ0v) is 30.3. The summed E-state index contributed by atoms with van der Waals surface area (Å²) in [4.78, 5) is 18.3. The first-order chi connectivity index (χ1) is 25.1. The summed E-state index contributed by atoms with van der Waals surface area (Å²) in [5.41, 5.74) is 9.68. The molecule has 262 valence electrons. The van der Waals surface area contributed by atoms with Crippen LogP contribution < -0.4 is 10.6 Å². The van der Waals surface area contributed by atoms with Crippen LogP contribution in [0.5, 0.6) is 0 Å². The fourth-order valence-corrected chi connectivity index (χ4v) is 8.94. The van der Waals surface area contributed by atoms with Gasteiger partial charge in [0, 0.05) is 11.1 Å². The Balaban J connectivity index is 1.27. The fraction of sp³-hybridized carbons (Fsp3) is 0.391. The second kappa shape index (κ2) is 14.6. The fourth-order valence-electron chi connectivity index (χ4n) is 8.94. The molecule has 1 aliphatic heterocycles. The number of unbranched alkanes of at least 4 members (excludes halogenated alkanes) is 1. The minimum absolute atomic E-state index is 0.0414. The standard InChI is InChI=1S/C46H51N3O2/c1-3-5-16-31(4-2)30-51-45-48-43(47-44(49-45)37-23-14-15-24-42(37)50)34-25-26-40-38(28-34)39-27-32-17-12-13-18-33(32)29-41(39)46(40,35-19-8-6-9-20-35)36-21-10-7-11-22-36/h8,12-13,15,17-21,24-29,31,45,49H,3-7,9-11,14,16,22-23,30H2,1-2H3,(H,47,48). The van der Waals surface area contributed by atoms with Gasteiger partial charge in [-0.25, -0.2) is 4.99 Å². The molecular weight excluding hydrogens is 627 g/mol. The van der Waals surface area contributed by atoms with Gasteiger partial charge in [0.15, 0.2) is 5.78 Å². The molecule has 0 radical (unpaired) electrons. The molecular formula is C46H51N3O2. The van der Waals surface area contributed by atoms with E-state index in [1.54, 1.807) is 6.08 Å². The second-order valence-corrected chi connectivity index (χ2v) is 14.9. The van der Waals surface area contributed by atoms with Crippen molar-refractivity contribution in [3.63, 3.8) is 0 Å². The van der Waals surface area contributed by atoms with E-state index in [1.807, 2.05) is 6.08 Å². The number of nitrogens with one attached hydrogen (secondary N) is 2. The number of carbonyl (C=O) groups is 1. The molecule has 5 heteroatoms. The molecule has 0 fully saturated rings. The van der Waals surface area contributed by atoms with Gasteiger partial charge in [-0.3, -0.25) is 4.79 Å². The van der Waals surface area contributed by atoms with E-state index in [1.165, 1.54) is 69.9 Å². The van der Waals surface area contributed by atoms with E-state index >= 15 is 0 Å². The zero-order chi connectivity index (χ0) is 34.8. The third kappa shape index (κ3) is 6.24. The van der Waals surface area contributed by atoms with E-state index in [0.717, 1.165) is 61.9 Å². The molecule has 1 heterocycles. The Morgan fingerprint density at radius 2 is 1.73 bits per heavy atom. The summed E-state index contributed by atoms with van der Waals surface area (Å²) in [7, 11) is 0. The highest BCUT2D eigenvalue weighted by Crippen LogP contribution is 2.59. The molecule has 0 saturated carbocycles. The van der Waals surface area contributed by atoms with Crippen LogP contribution in [0.2, 0.25) is 0 Å². The average molecular weight is 678 g/mol.